The smallest absolute Gasteiger partial charge is 0.0416 e. The molecular weight excluding hydrogens is 148 g/mol. The average Bonchev–Trinajstić information content (AvgIpc) is 2.07. The van der Waals surface area contributed by atoms with Gasteiger partial charge in [0.25, 0.3) is 0 Å². The zero-order chi connectivity index (χ0) is 8.55. The lowest BCUT2D eigenvalue weighted by Crippen LogP contribution is -2.25. The number of fused-ring (bicyclic) bond motifs is 1. The summed E-state index contributed by atoms with van der Waals surface area (Å²) < 4.78 is 0. The number of nitrogens with two attached hydrogens (primary N) is 1. The minimum Gasteiger partial charge on any atom is -0.398 e. The molecule has 0 saturated heterocycles. The molecule has 2 rings (SSSR count). The van der Waals surface area contributed by atoms with Crippen LogP contribution in [0, 0.1) is 0 Å². The van der Waals surface area contributed by atoms with E-state index in [4.69, 9.17) is 5.73 Å². The van der Waals surface area contributed by atoms with Crippen molar-refractivity contribution >= 4 is 11.4 Å². The van der Waals surface area contributed by atoms with Crippen molar-refractivity contribution in [2.75, 3.05) is 24.2 Å². The van der Waals surface area contributed by atoms with Gasteiger partial charge in [0.2, 0.25) is 0 Å². The summed E-state index contributed by atoms with van der Waals surface area (Å²) in [6.07, 6.45) is 2.35. The summed E-state index contributed by atoms with van der Waals surface area (Å²) in [6.45, 7) is 1.15. The summed E-state index contributed by atoms with van der Waals surface area (Å²) in [5.74, 6) is 0. The van der Waals surface area contributed by atoms with Gasteiger partial charge in [0.15, 0.2) is 0 Å². The molecule has 0 saturated carbocycles. The molecule has 2 nitrogen and oxygen atoms in total. The monoisotopic (exact) mass is 162 g/mol. The van der Waals surface area contributed by atoms with Gasteiger partial charge in [-0.3, -0.25) is 0 Å². The van der Waals surface area contributed by atoms with Crippen molar-refractivity contribution in [3.63, 3.8) is 0 Å². The third-order valence-electron chi connectivity index (χ3n) is 2.52. The number of hydrogen-bond acceptors (Lipinski definition) is 2. The van der Waals surface area contributed by atoms with Crippen molar-refractivity contribution in [1.29, 1.82) is 0 Å². The standard InChI is InChI=1S/C10H14N2/c1-12-7-3-4-8-9(11)5-2-6-10(8)12/h2,5-6H,3-4,7,11H2,1H3. The van der Waals surface area contributed by atoms with Crippen LogP contribution in [0.15, 0.2) is 18.2 Å². The quantitative estimate of drug-likeness (QED) is 0.588. The molecule has 0 spiro atoms. The van der Waals surface area contributed by atoms with E-state index in [1.807, 2.05) is 12.1 Å². The Morgan fingerprint density at radius 3 is 3.00 bits per heavy atom. The van der Waals surface area contributed by atoms with Crippen LogP contribution < -0.4 is 10.6 Å². The van der Waals surface area contributed by atoms with Crippen LogP contribution in [-0.4, -0.2) is 13.6 Å². The predicted molar refractivity (Wildman–Crippen MR) is 52.4 cm³/mol. The number of rotatable bonds is 0. The van der Waals surface area contributed by atoms with Crippen LogP contribution in [0.4, 0.5) is 11.4 Å². The van der Waals surface area contributed by atoms with E-state index in [2.05, 4.69) is 18.0 Å². The molecule has 0 unspecified atom stereocenters. The second-order valence-corrected chi connectivity index (χ2v) is 3.37. The molecule has 64 valence electrons. The molecular formula is C10H14N2. The third kappa shape index (κ3) is 1.04. The Bertz CT molecular complexity index is 294. The Hall–Kier alpha value is -1.18. The molecule has 0 radical (unpaired) electrons. The van der Waals surface area contributed by atoms with Crippen LogP contribution >= 0.6 is 0 Å². The van der Waals surface area contributed by atoms with Gasteiger partial charge < -0.3 is 10.6 Å². The number of hydrogen-bond donors (Lipinski definition) is 1. The van der Waals surface area contributed by atoms with Crippen molar-refractivity contribution in [2.45, 2.75) is 12.8 Å². The zero-order valence-corrected chi connectivity index (χ0v) is 7.38. The molecule has 0 aliphatic carbocycles. The van der Waals surface area contributed by atoms with Crippen molar-refractivity contribution in [3.8, 4) is 0 Å². The number of anilines is 2. The summed E-state index contributed by atoms with van der Waals surface area (Å²) in [5.41, 5.74) is 9.45. The summed E-state index contributed by atoms with van der Waals surface area (Å²) in [6, 6.07) is 6.15. The first-order chi connectivity index (χ1) is 5.79. The molecule has 1 heterocycles. The van der Waals surface area contributed by atoms with Gasteiger partial charge in [-0.15, -0.1) is 0 Å². The molecule has 2 N–H and O–H groups in total. The molecule has 2 heteroatoms. The summed E-state index contributed by atoms with van der Waals surface area (Å²) >= 11 is 0. The first-order valence-corrected chi connectivity index (χ1v) is 4.37. The Labute approximate surface area is 73.0 Å². The van der Waals surface area contributed by atoms with E-state index in [0.717, 1.165) is 18.7 Å². The fourth-order valence-corrected chi connectivity index (χ4v) is 1.84. The molecule has 12 heavy (non-hydrogen) atoms. The highest BCUT2D eigenvalue weighted by atomic mass is 15.1. The average molecular weight is 162 g/mol. The summed E-state index contributed by atoms with van der Waals surface area (Å²) in [5, 5.41) is 0. The minimum absolute atomic E-state index is 0.944. The highest BCUT2D eigenvalue weighted by molar-refractivity contribution is 5.65. The fourth-order valence-electron chi connectivity index (χ4n) is 1.84. The maximum atomic E-state index is 5.88. The Balaban J connectivity index is 2.52. The van der Waals surface area contributed by atoms with Crippen LogP contribution in [0.5, 0.6) is 0 Å². The molecule has 1 aliphatic rings. The van der Waals surface area contributed by atoms with Gasteiger partial charge in [-0.05, 0) is 30.5 Å². The molecule has 0 atom stereocenters. The number of nitrogen functional groups attached to an aromatic ring is 1. The maximum absolute atomic E-state index is 5.88. The van der Waals surface area contributed by atoms with Crippen LogP contribution in [0.2, 0.25) is 0 Å². The van der Waals surface area contributed by atoms with E-state index in [0.29, 0.717) is 0 Å². The SMILES string of the molecule is CN1CCCc2c(N)cccc21. The van der Waals surface area contributed by atoms with Crippen LogP contribution in [0.1, 0.15) is 12.0 Å². The predicted octanol–water partition coefficient (Wildman–Crippen LogP) is 1.65. The molecule has 1 aromatic carbocycles. The van der Waals surface area contributed by atoms with E-state index in [9.17, 15) is 0 Å². The largest absolute Gasteiger partial charge is 0.398 e. The van der Waals surface area contributed by atoms with Crippen molar-refractivity contribution in [1.82, 2.24) is 0 Å². The Morgan fingerprint density at radius 1 is 1.42 bits per heavy atom. The second-order valence-electron chi connectivity index (χ2n) is 3.37. The fraction of sp³-hybridized carbons (Fsp3) is 0.400. The molecule has 0 aromatic heterocycles. The third-order valence-corrected chi connectivity index (χ3v) is 2.52. The maximum Gasteiger partial charge on any atom is 0.0416 e. The first kappa shape index (κ1) is 7.47. The van der Waals surface area contributed by atoms with E-state index >= 15 is 0 Å². The molecule has 1 aromatic rings. The molecule has 1 aliphatic heterocycles. The highest BCUT2D eigenvalue weighted by Gasteiger charge is 2.14. The van der Waals surface area contributed by atoms with Crippen molar-refractivity contribution in [2.24, 2.45) is 0 Å². The molecule has 0 bridgehead atoms. The second kappa shape index (κ2) is 2.70. The van der Waals surface area contributed by atoms with Crippen molar-refractivity contribution in [3.05, 3.63) is 23.8 Å². The topological polar surface area (TPSA) is 29.3 Å². The lowest BCUT2D eigenvalue weighted by molar-refractivity contribution is 0.746. The van der Waals surface area contributed by atoms with Gasteiger partial charge in [-0.25, -0.2) is 0 Å². The first-order valence-electron chi connectivity index (χ1n) is 4.37. The lowest BCUT2D eigenvalue weighted by atomic mass is 10.0. The van der Waals surface area contributed by atoms with Crippen molar-refractivity contribution < 1.29 is 0 Å². The lowest BCUT2D eigenvalue weighted by Gasteiger charge is -2.28. The Morgan fingerprint density at radius 2 is 2.25 bits per heavy atom. The normalized spacial score (nSPS) is 15.9. The van der Waals surface area contributed by atoms with Gasteiger partial charge in [-0.2, -0.15) is 0 Å². The highest BCUT2D eigenvalue weighted by Crippen LogP contribution is 2.29. The van der Waals surface area contributed by atoms with E-state index in [1.165, 1.54) is 17.7 Å². The van der Waals surface area contributed by atoms with Gasteiger partial charge in [-0.1, -0.05) is 6.07 Å². The van der Waals surface area contributed by atoms with Crippen LogP contribution in [-0.2, 0) is 6.42 Å². The van der Waals surface area contributed by atoms with Gasteiger partial charge >= 0.3 is 0 Å². The minimum atomic E-state index is 0.944. The van der Waals surface area contributed by atoms with Crippen LogP contribution in [0.25, 0.3) is 0 Å². The number of nitrogens with zero attached hydrogens (tertiary/aromatic N) is 1. The van der Waals surface area contributed by atoms with E-state index in [1.54, 1.807) is 0 Å². The molecule has 0 fully saturated rings. The van der Waals surface area contributed by atoms with E-state index < -0.39 is 0 Å². The van der Waals surface area contributed by atoms with E-state index in [-0.39, 0.29) is 0 Å². The number of benzene rings is 1. The van der Waals surface area contributed by atoms with Gasteiger partial charge in [0, 0.05) is 25.0 Å². The van der Waals surface area contributed by atoms with Gasteiger partial charge in [0.1, 0.15) is 0 Å². The summed E-state index contributed by atoms with van der Waals surface area (Å²) in [4.78, 5) is 2.27. The van der Waals surface area contributed by atoms with Crippen LogP contribution in [0.3, 0.4) is 0 Å². The van der Waals surface area contributed by atoms with Gasteiger partial charge in [0.05, 0.1) is 0 Å². The zero-order valence-electron chi connectivity index (χ0n) is 7.38. The Kier molecular flexibility index (Phi) is 1.68. The molecule has 0 amide bonds. The summed E-state index contributed by atoms with van der Waals surface area (Å²) in [7, 11) is 2.12.